The van der Waals surface area contributed by atoms with Crippen LogP contribution >= 0.6 is 0 Å². The maximum atomic E-state index is 12.4. The molecule has 0 amide bonds. The van der Waals surface area contributed by atoms with Gasteiger partial charge in [0.2, 0.25) is 0 Å². The van der Waals surface area contributed by atoms with Gasteiger partial charge in [0.15, 0.2) is 0 Å². The summed E-state index contributed by atoms with van der Waals surface area (Å²) in [6.45, 7) is -6.08. The first-order chi connectivity index (χ1) is 11.8. The summed E-state index contributed by atoms with van der Waals surface area (Å²) in [6.07, 6.45) is 1.09. The van der Waals surface area contributed by atoms with E-state index in [0.29, 0.717) is 0 Å². The second-order valence-electron chi connectivity index (χ2n) is 4.49. The second kappa shape index (κ2) is 8.08. The molecule has 132 valence electrons. The van der Waals surface area contributed by atoms with Gasteiger partial charge in [-0.25, -0.2) is 0 Å². The molecular weight excluding hydrogens is 348 g/mol. The van der Waals surface area contributed by atoms with E-state index in [1.54, 1.807) is 0 Å². The van der Waals surface area contributed by atoms with Gasteiger partial charge in [0.25, 0.3) is 5.69 Å². The molecule has 0 bridgehead atoms. The minimum atomic E-state index is -3.11. The molecule has 0 aliphatic carbocycles. The highest BCUT2D eigenvalue weighted by Crippen LogP contribution is 2.26. The third kappa shape index (κ3) is 5.44. The summed E-state index contributed by atoms with van der Waals surface area (Å²) in [7, 11) is 0. The van der Waals surface area contributed by atoms with E-state index in [0.717, 1.165) is 24.4 Å². The van der Waals surface area contributed by atoms with E-state index in [4.69, 9.17) is 0 Å². The van der Waals surface area contributed by atoms with Crippen LogP contribution in [0.1, 0.15) is 5.56 Å². The van der Waals surface area contributed by atoms with Crippen molar-refractivity contribution in [2.24, 2.45) is 4.99 Å². The molecule has 0 aromatic heterocycles. The van der Waals surface area contributed by atoms with E-state index in [2.05, 4.69) is 14.5 Å². The number of halogens is 4. The van der Waals surface area contributed by atoms with E-state index in [1.165, 1.54) is 24.3 Å². The molecule has 0 saturated carbocycles. The SMILES string of the molecule is O=[N+]([O-])c1ccc(OC(F)F)c(C=Nc2ccc(OC(F)F)cc2)c1. The van der Waals surface area contributed by atoms with Gasteiger partial charge in [-0.3, -0.25) is 15.1 Å². The van der Waals surface area contributed by atoms with Crippen LogP contribution in [0.15, 0.2) is 47.5 Å². The molecule has 0 unspecified atom stereocenters. The summed E-state index contributed by atoms with van der Waals surface area (Å²) in [6, 6.07) is 8.25. The molecule has 0 aliphatic heterocycles. The Morgan fingerprint density at radius 2 is 1.64 bits per heavy atom. The Kier molecular flexibility index (Phi) is 5.88. The van der Waals surface area contributed by atoms with Crippen molar-refractivity contribution in [1.82, 2.24) is 0 Å². The lowest BCUT2D eigenvalue weighted by Gasteiger charge is -2.07. The first-order valence-corrected chi connectivity index (χ1v) is 6.67. The average Bonchev–Trinajstić information content (AvgIpc) is 2.54. The molecule has 0 spiro atoms. The normalized spacial score (nSPS) is 11.3. The Morgan fingerprint density at radius 1 is 1.00 bits per heavy atom. The Bertz CT molecular complexity index is 767. The van der Waals surface area contributed by atoms with Crippen LogP contribution < -0.4 is 9.47 Å². The van der Waals surface area contributed by atoms with E-state index in [1.807, 2.05) is 0 Å². The highest BCUT2D eigenvalue weighted by atomic mass is 19.3. The average molecular weight is 358 g/mol. The second-order valence-corrected chi connectivity index (χ2v) is 4.49. The van der Waals surface area contributed by atoms with Crippen LogP contribution in [0.25, 0.3) is 0 Å². The van der Waals surface area contributed by atoms with Crippen LogP contribution in [0.2, 0.25) is 0 Å². The summed E-state index contributed by atoms with van der Waals surface area (Å²) in [5.41, 5.74) is -0.0812. The van der Waals surface area contributed by atoms with Gasteiger partial charge in [0.05, 0.1) is 10.6 Å². The number of non-ortho nitro benzene ring substituents is 1. The number of ether oxygens (including phenoxy) is 2. The molecule has 0 atom stereocenters. The Balaban J connectivity index is 2.25. The third-order valence-electron chi connectivity index (χ3n) is 2.83. The maximum absolute atomic E-state index is 12.4. The lowest BCUT2D eigenvalue weighted by molar-refractivity contribution is -0.384. The van der Waals surface area contributed by atoms with Crippen LogP contribution in [0.3, 0.4) is 0 Å². The first kappa shape index (κ1) is 18.2. The van der Waals surface area contributed by atoms with Gasteiger partial charge < -0.3 is 9.47 Å². The summed E-state index contributed by atoms with van der Waals surface area (Å²) in [4.78, 5) is 14.0. The van der Waals surface area contributed by atoms with E-state index >= 15 is 0 Å². The molecule has 6 nitrogen and oxygen atoms in total. The fraction of sp³-hybridized carbons (Fsp3) is 0.133. The number of benzene rings is 2. The zero-order chi connectivity index (χ0) is 18.4. The molecule has 2 aromatic rings. The molecular formula is C15H10F4N2O4. The summed E-state index contributed by atoms with van der Waals surface area (Å²) in [5.74, 6) is -0.368. The van der Waals surface area contributed by atoms with Crippen molar-refractivity contribution in [2.75, 3.05) is 0 Å². The predicted octanol–water partition coefficient (Wildman–Crippen LogP) is 4.55. The van der Waals surface area contributed by atoms with Crippen molar-refractivity contribution in [3.05, 3.63) is 58.1 Å². The van der Waals surface area contributed by atoms with Crippen LogP contribution in [-0.2, 0) is 0 Å². The molecule has 0 aliphatic rings. The van der Waals surface area contributed by atoms with E-state index < -0.39 is 18.1 Å². The Morgan fingerprint density at radius 3 is 2.20 bits per heavy atom. The Hall–Kier alpha value is -3.17. The molecule has 0 heterocycles. The fourth-order valence-electron chi connectivity index (χ4n) is 1.81. The smallest absolute Gasteiger partial charge is 0.387 e. The van der Waals surface area contributed by atoms with Gasteiger partial charge in [0.1, 0.15) is 11.5 Å². The number of aliphatic imine (C=N–C) groups is 1. The van der Waals surface area contributed by atoms with Gasteiger partial charge in [-0.05, 0) is 30.3 Å². The number of alkyl halides is 4. The zero-order valence-corrected chi connectivity index (χ0v) is 12.3. The van der Waals surface area contributed by atoms with Crippen molar-refractivity contribution in [3.63, 3.8) is 0 Å². The number of nitro groups is 1. The summed E-state index contributed by atoms with van der Waals surface area (Å²) >= 11 is 0. The third-order valence-corrected chi connectivity index (χ3v) is 2.83. The van der Waals surface area contributed by atoms with Gasteiger partial charge in [-0.2, -0.15) is 17.6 Å². The predicted molar refractivity (Wildman–Crippen MR) is 80.1 cm³/mol. The molecule has 25 heavy (non-hydrogen) atoms. The lowest BCUT2D eigenvalue weighted by Crippen LogP contribution is -2.04. The largest absolute Gasteiger partial charge is 0.435 e. The molecule has 0 fully saturated rings. The quantitative estimate of drug-likeness (QED) is 0.315. The van der Waals surface area contributed by atoms with Crippen LogP contribution in [-0.4, -0.2) is 24.4 Å². The van der Waals surface area contributed by atoms with Crippen molar-refractivity contribution in [3.8, 4) is 11.5 Å². The van der Waals surface area contributed by atoms with E-state index in [-0.39, 0.29) is 28.4 Å². The van der Waals surface area contributed by atoms with Gasteiger partial charge in [-0.15, -0.1) is 0 Å². The number of hydrogen-bond donors (Lipinski definition) is 0. The first-order valence-electron chi connectivity index (χ1n) is 6.67. The minimum Gasteiger partial charge on any atom is -0.435 e. The lowest BCUT2D eigenvalue weighted by atomic mass is 10.2. The van der Waals surface area contributed by atoms with Crippen LogP contribution in [0, 0.1) is 10.1 Å². The van der Waals surface area contributed by atoms with E-state index in [9.17, 15) is 27.7 Å². The molecule has 0 saturated heterocycles. The maximum Gasteiger partial charge on any atom is 0.387 e. The topological polar surface area (TPSA) is 74.0 Å². The summed E-state index contributed by atoms with van der Waals surface area (Å²) in [5, 5.41) is 10.8. The number of hydrogen-bond acceptors (Lipinski definition) is 5. The highest BCUT2D eigenvalue weighted by Gasteiger charge is 2.13. The molecule has 0 radical (unpaired) electrons. The van der Waals surface area contributed by atoms with Gasteiger partial charge in [-0.1, -0.05) is 0 Å². The summed E-state index contributed by atoms with van der Waals surface area (Å²) < 4.78 is 57.4. The van der Waals surface area contributed by atoms with Crippen LogP contribution in [0.4, 0.5) is 28.9 Å². The molecule has 0 N–H and O–H groups in total. The Labute approximate surface area is 138 Å². The molecule has 2 rings (SSSR count). The number of nitro benzene ring substituents is 1. The fourth-order valence-corrected chi connectivity index (χ4v) is 1.81. The number of nitrogens with zero attached hydrogens (tertiary/aromatic N) is 2. The standard InChI is InChI=1S/C15H10F4N2O4/c16-14(17)24-12-4-1-10(2-5-12)20-8-9-7-11(21(22)23)3-6-13(9)25-15(18)19/h1-8,14-15H. The minimum absolute atomic E-state index is 0.0394. The highest BCUT2D eigenvalue weighted by molar-refractivity contribution is 5.86. The zero-order valence-electron chi connectivity index (χ0n) is 12.3. The van der Waals surface area contributed by atoms with Crippen molar-refractivity contribution >= 4 is 17.6 Å². The van der Waals surface area contributed by atoms with Gasteiger partial charge in [0, 0.05) is 23.9 Å². The van der Waals surface area contributed by atoms with Crippen molar-refractivity contribution in [1.29, 1.82) is 0 Å². The van der Waals surface area contributed by atoms with Crippen molar-refractivity contribution in [2.45, 2.75) is 13.2 Å². The monoisotopic (exact) mass is 358 g/mol. The van der Waals surface area contributed by atoms with Gasteiger partial charge >= 0.3 is 13.2 Å². The van der Waals surface area contributed by atoms with Crippen molar-refractivity contribution < 1.29 is 32.0 Å². The molecule has 2 aromatic carbocycles. The van der Waals surface area contributed by atoms with Crippen LogP contribution in [0.5, 0.6) is 11.5 Å². The number of rotatable bonds is 7. The molecule has 10 heteroatoms.